The Morgan fingerprint density at radius 3 is 2.18 bits per heavy atom. The van der Waals surface area contributed by atoms with Gasteiger partial charge in [0, 0.05) is 11.8 Å². The fourth-order valence-electron chi connectivity index (χ4n) is 2.70. The SMILES string of the molecule is Ic1c(-c2ccccc2-c2ccccc2)nc2ccccn12. The van der Waals surface area contributed by atoms with E-state index in [1.54, 1.807) is 0 Å². The number of fused-ring (bicyclic) bond motifs is 1. The predicted octanol–water partition coefficient (Wildman–Crippen LogP) is 5.27. The van der Waals surface area contributed by atoms with Crippen molar-refractivity contribution in [3.63, 3.8) is 0 Å². The Labute approximate surface area is 142 Å². The molecule has 2 nitrogen and oxygen atoms in total. The van der Waals surface area contributed by atoms with Gasteiger partial charge in [0.05, 0.1) is 0 Å². The van der Waals surface area contributed by atoms with Crippen LogP contribution in [0.25, 0.3) is 28.0 Å². The Balaban J connectivity index is 1.98. The van der Waals surface area contributed by atoms with Crippen LogP contribution in [0.15, 0.2) is 79.0 Å². The molecule has 0 saturated carbocycles. The van der Waals surface area contributed by atoms with Crippen LogP contribution >= 0.6 is 22.6 Å². The summed E-state index contributed by atoms with van der Waals surface area (Å²) in [5.41, 5.74) is 5.60. The molecule has 0 radical (unpaired) electrons. The molecular formula is C19H13IN2. The Hall–Kier alpha value is -2.14. The van der Waals surface area contributed by atoms with Gasteiger partial charge in [-0.05, 0) is 45.9 Å². The fraction of sp³-hybridized carbons (Fsp3) is 0. The van der Waals surface area contributed by atoms with Crippen molar-refractivity contribution in [2.45, 2.75) is 0 Å². The largest absolute Gasteiger partial charge is 0.294 e. The van der Waals surface area contributed by atoms with Gasteiger partial charge in [-0.15, -0.1) is 0 Å². The number of rotatable bonds is 2. The van der Waals surface area contributed by atoms with Crippen molar-refractivity contribution in [1.82, 2.24) is 9.38 Å². The van der Waals surface area contributed by atoms with Crippen molar-refractivity contribution in [2.75, 3.05) is 0 Å². The molecule has 2 aromatic carbocycles. The van der Waals surface area contributed by atoms with Gasteiger partial charge in [-0.2, -0.15) is 0 Å². The van der Waals surface area contributed by atoms with Crippen LogP contribution in [0.5, 0.6) is 0 Å². The lowest BCUT2D eigenvalue weighted by Crippen LogP contribution is -1.88. The van der Waals surface area contributed by atoms with E-state index in [4.69, 9.17) is 4.98 Å². The second-order valence-electron chi connectivity index (χ2n) is 5.09. The van der Waals surface area contributed by atoms with E-state index >= 15 is 0 Å². The number of hydrogen-bond acceptors (Lipinski definition) is 1. The van der Waals surface area contributed by atoms with E-state index in [-0.39, 0.29) is 0 Å². The number of pyridine rings is 1. The first kappa shape index (κ1) is 13.5. The maximum atomic E-state index is 4.82. The minimum atomic E-state index is 0.977. The number of aromatic nitrogens is 2. The molecule has 0 aliphatic rings. The third-order valence-corrected chi connectivity index (χ3v) is 4.77. The van der Waals surface area contributed by atoms with Gasteiger partial charge >= 0.3 is 0 Å². The van der Waals surface area contributed by atoms with Crippen molar-refractivity contribution in [1.29, 1.82) is 0 Å². The number of hydrogen-bond donors (Lipinski definition) is 0. The first-order valence-corrected chi connectivity index (χ1v) is 8.20. The van der Waals surface area contributed by atoms with E-state index in [0.717, 1.165) is 15.0 Å². The molecule has 0 unspecified atom stereocenters. The van der Waals surface area contributed by atoms with Crippen molar-refractivity contribution >= 4 is 28.2 Å². The molecule has 3 heteroatoms. The molecular weight excluding hydrogens is 383 g/mol. The van der Waals surface area contributed by atoms with Crippen molar-refractivity contribution in [3.05, 3.63) is 82.7 Å². The maximum Gasteiger partial charge on any atom is 0.138 e. The molecule has 0 saturated heterocycles. The van der Waals surface area contributed by atoms with E-state index in [1.807, 2.05) is 24.3 Å². The number of imidazole rings is 1. The van der Waals surface area contributed by atoms with Crippen molar-refractivity contribution in [2.24, 2.45) is 0 Å². The Morgan fingerprint density at radius 2 is 1.41 bits per heavy atom. The third kappa shape index (κ3) is 2.22. The minimum Gasteiger partial charge on any atom is -0.294 e. The molecule has 0 bridgehead atoms. The summed E-state index contributed by atoms with van der Waals surface area (Å²) in [6.45, 7) is 0. The second-order valence-corrected chi connectivity index (χ2v) is 6.11. The summed E-state index contributed by atoms with van der Waals surface area (Å²) in [5, 5.41) is 0. The van der Waals surface area contributed by atoms with Gasteiger partial charge in [-0.25, -0.2) is 4.98 Å². The highest BCUT2D eigenvalue weighted by Crippen LogP contribution is 2.34. The van der Waals surface area contributed by atoms with E-state index in [0.29, 0.717) is 0 Å². The highest BCUT2D eigenvalue weighted by molar-refractivity contribution is 14.1. The van der Waals surface area contributed by atoms with Crippen molar-refractivity contribution in [3.8, 4) is 22.4 Å². The van der Waals surface area contributed by atoms with E-state index in [1.165, 1.54) is 16.7 Å². The summed E-state index contributed by atoms with van der Waals surface area (Å²) in [5.74, 6) is 0. The molecule has 106 valence electrons. The molecule has 0 amide bonds. The molecule has 0 aliphatic carbocycles. The fourth-order valence-corrected chi connectivity index (χ4v) is 3.52. The molecule has 2 heterocycles. The van der Waals surface area contributed by atoms with E-state index < -0.39 is 0 Å². The normalized spacial score (nSPS) is 11.0. The highest BCUT2D eigenvalue weighted by Gasteiger charge is 2.15. The van der Waals surface area contributed by atoms with Gasteiger partial charge in [0.15, 0.2) is 0 Å². The Morgan fingerprint density at radius 1 is 0.727 bits per heavy atom. The smallest absolute Gasteiger partial charge is 0.138 e. The summed E-state index contributed by atoms with van der Waals surface area (Å²) in [4.78, 5) is 4.82. The molecule has 4 rings (SSSR count). The summed E-state index contributed by atoms with van der Waals surface area (Å²) in [7, 11) is 0. The van der Waals surface area contributed by atoms with Crippen LogP contribution in [0.2, 0.25) is 0 Å². The van der Waals surface area contributed by atoms with Gasteiger partial charge in [-0.1, -0.05) is 60.7 Å². The summed E-state index contributed by atoms with van der Waals surface area (Å²) in [6.07, 6.45) is 2.05. The van der Waals surface area contributed by atoms with Crippen LogP contribution in [0.3, 0.4) is 0 Å². The number of halogens is 1. The molecule has 0 fully saturated rings. The third-order valence-electron chi connectivity index (χ3n) is 3.74. The zero-order chi connectivity index (χ0) is 14.9. The summed E-state index contributed by atoms with van der Waals surface area (Å²) >= 11 is 2.37. The van der Waals surface area contributed by atoms with Crippen LogP contribution in [0.1, 0.15) is 0 Å². The zero-order valence-electron chi connectivity index (χ0n) is 11.8. The lowest BCUT2D eigenvalue weighted by Gasteiger charge is -2.08. The monoisotopic (exact) mass is 396 g/mol. The topological polar surface area (TPSA) is 17.3 Å². The standard InChI is InChI=1S/C19H13IN2/c20-19-18(21-17-12-6-7-13-22(17)19)16-11-5-4-10-15(16)14-8-2-1-3-9-14/h1-13H. The molecule has 0 spiro atoms. The summed E-state index contributed by atoms with van der Waals surface area (Å²) < 4.78 is 3.26. The number of benzene rings is 2. The lowest BCUT2D eigenvalue weighted by atomic mass is 9.98. The van der Waals surface area contributed by atoms with Gasteiger partial charge in [0.25, 0.3) is 0 Å². The number of nitrogens with zero attached hydrogens (tertiary/aromatic N) is 2. The Bertz CT molecular complexity index is 942. The van der Waals surface area contributed by atoms with Crippen LogP contribution < -0.4 is 0 Å². The quantitative estimate of drug-likeness (QED) is 0.422. The summed E-state index contributed by atoms with van der Waals surface area (Å²) in [6, 6.07) is 25.0. The van der Waals surface area contributed by atoms with Crippen LogP contribution in [-0.2, 0) is 0 Å². The minimum absolute atomic E-state index is 0.977. The van der Waals surface area contributed by atoms with Gasteiger partial charge < -0.3 is 0 Å². The average molecular weight is 396 g/mol. The van der Waals surface area contributed by atoms with Crippen molar-refractivity contribution < 1.29 is 0 Å². The van der Waals surface area contributed by atoms with Gasteiger partial charge in [-0.3, -0.25) is 4.40 Å². The highest BCUT2D eigenvalue weighted by atomic mass is 127. The molecule has 22 heavy (non-hydrogen) atoms. The molecule has 2 aromatic heterocycles. The molecule has 0 N–H and O–H groups in total. The first-order chi connectivity index (χ1) is 10.8. The Kier molecular flexibility index (Phi) is 3.42. The average Bonchev–Trinajstić information content (AvgIpc) is 2.93. The van der Waals surface area contributed by atoms with Crippen LogP contribution in [0, 0.1) is 3.70 Å². The van der Waals surface area contributed by atoms with Gasteiger partial charge in [0.1, 0.15) is 15.0 Å². The lowest BCUT2D eigenvalue weighted by molar-refractivity contribution is 1.15. The van der Waals surface area contributed by atoms with E-state index in [9.17, 15) is 0 Å². The molecule has 4 aromatic rings. The molecule has 0 aliphatic heterocycles. The first-order valence-electron chi connectivity index (χ1n) is 7.12. The second kappa shape index (κ2) is 5.57. The van der Waals surface area contributed by atoms with Gasteiger partial charge in [0.2, 0.25) is 0 Å². The molecule has 0 atom stereocenters. The van der Waals surface area contributed by atoms with E-state index in [2.05, 4.69) is 81.7 Å². The maximum absolute atomic E-state index is 4.82. The zero-order valence-corrected chi connectivity index (χ0v) is 13.9. The van der Waals surface area contributed by atoms with Crippen LogP contribution in [-0.4, -0.2) is 9.38 Å². The van der Waals surface area contributed by atoms with Crippen LogP contribution in [0.4, 0.5) is 0 Å². The predicted molar refractivity (Wildman–Crippen MR) is 98.8 cm³/mol.